The highest BCUT2D eigenvalue weighted by Gasteiger charge is 2.30. The van der Waals surface area contributed by atoms with E-state index in [9.17, 15) is 18.8 Å². The van der Waals surface area contributed by atoms with E-state index in [2.05, 4.69) is 15.4 Å². The van der Waals surface area contributed by atoms with Gasteiger partial charge in [-0.25, -0.2) is 14.1 Å². The van der Waals surface area contributed by atoms with E-state index in [1.165, 1.54) is 32.6 Å². The second-order valence-corrected chi connectivity index (χ2v) is 6.94. The fourth-order valence-electron chi connectivity index (χ4n) is 3.39. The van der Waals surface area contributed by atoms with Gasteiger partial charge in [-0.2, -0.15) is 0 Å². The summed E-state index contributed by atoms with van der Waals surface area (Å²) in [4.78, 5) is 42.8. The first kappa shape index (κ1) is 19.5. The quantitative estimate of drug-likeness (QED) is 0.685. The van der Waals surface area contributed by atoms with Gasteiger partial charge in [0.15, 0.2) is 0 Å². The highest BCUT2D eigenvalue weighted by molar-refractivity contribution is 6.00. The third-order valence-electron chi connectivity index (χ3n) is 4.98. The van der Waals surface area contributed by atoms with Gasteiger partial charge in [0, 0.05) is 25.2 Å². The number of halogens is 1. The molecule has 0 bridgehead atoms. The van der Waals surface area contributed by atoms with Crippen molar-refractivity contribution in [3.8, 4) is 0 Å². The molecule has 0 spiro atoms. The molecule has 4 rings (SSSR count). The number of carbonyl (C=O) groups excluding carboxylic acids is 2. The Labute approximate surface area is 170 Å². The van der Waals surface area contributed by atoms with Crippen LogP contribution < -0.4 is 15.8 Å². The van der Waals surface area contributed by atoms with Gasteiger partial charge < -0.3 is 5.32 Å². The number of aromatic nitrogens is 4. The minimum atomic E-state index is -0.833. The average Bonchev–Trinajstić information content (AvgIpc) is 3.16. The average molecular weight is 410 g/mol. The molecule has 154 valence electrons. The van der Waals surface area contributed by atoms with E-state index >= 15 is 0 Å². The third kappa shape index (κ3) is 3.71. The number of benzene rings is 1. The molecule has 1 aromatic carbocycles. The summed E-state index contributed by atoms with van der Waals surface area (Å²) in [5.41, 5.74) is 0.200. The van der Waals surface area contributed by atoms with E-state index in [0.29, 0.717) is 11.4 Å². The standard InChI is InChI=1S/C20H19FN6O3/c1-25-16-7-4-8-17(28)27(16)10-9-15(20(25)30)23-19(29)18-22-12-26(24-18)11-13-5-2-3-6-14(13)21/h2-8,12,15H,9-11H2,1H3,(H,23,29)/t15-/m1/s1. The molecule has 0 saturated carbocycles. The first-order valence-corrected chi connectivity index (χ1v) is 9.35. The van der Waals surface area contributed by atoms with Crippen LogP contribution in [0.2, 0.25) is 0 Å². The predicted octanol–water partition coefficient (Wildman–Crippen LogP) is 0.792. The van der Waals surface area contributed by atoms with E-state index in [-0.39, 0.29) is 42.6 Å². The molecule has 30 heavy (non-hydrogen) atoms. The number of amides is 2. The zero-order chi connectivity index (χ0) is 21.3. The lowest BCUT2D eigenvalue weighted by atomic mass is 10.2. The topological polar surface area (TPSA) is 102 Å². The summed E-state index contributed by atoms with van der Waals surface area (Å²) < 4.78 is 16.6. The van der Waals surface area contributed by atoms with Crippen molar-refractivity contribution in [2.75, 3.05) is 11.9 Å². The van der Waals surface area contributed by atoms with Gasteiger partial charge in [-0.3, -0.25) is 23.9 Å². The van der Waals surface area contributed by atoms with Crippen molar-refractivity contribution in [1.29, 1.82) is 0 Å². The van der Waals surface area contributed by atoms with E-state index in [0.717, 1.165) is 0 Å². The van der Waals surface area contributed by atoms with E-state index in [1.807, 2.05) is 0 Å². The maximum absolute atomic E-state index is 13.8. The molecule has 0 fully saturated rings. The van der Waals surface area contributed by atoms with Crippen LogP contribution in [0.1, 0.15) is 22.6 Å². The smallest absolute Gasteiger partial charge is 0.291 e. The molecule has 1 aliphatic rings. The third-order valence-corrected chi connectivity index (χ3v) is 4.98. The number of nitrogens with one attached hydrogen (secondary N) is 1. The molecule has 0 saturated heterocycles. The van der Waals surface area contributed by atoms with E-state index < -0.39 is 11.9 Å². The molecule has 2 amide bonds. The number of anilines is 1. The second-order valence-electron chi connectivity index (χ2n) is 6.94. The van der Waals surface area contributed by atoms with E-state index in [4.69, 9.17) is 0 Å². The highest BCUT2D eigenvalue weighted by atomic mass is 19.1. The number of nitrogens with zero attached hydrogens (tertiary/aromatic N) is 5. The van der Waals surface area contributed by atoms with Crippen molar-refractivity contribution in [3.05, 3.63) is 76.4 Å². The molecule has 0 radical (unpaired) electrons. The predicted molar refractivity (Wildman–Crippen MR) is 106 cm³/mol. The van der Waals surface area contributed by atoms with Gasteiger partial charge in [-0.1, -0.05) is 24.3 Å². The Morgan fingerprint density at radius 3 is 2.80 bits per heavy atom. The highest BCUT2D eigenvalue weighted by Crippen LogP contribution is 2.17. The number of likely N-dealkylation sites (N-methyl/N-ethyl adjacent to an activating group) is 1. The lowest BCUT2D eigenvalue weighted by molar-refractivity contribution is -0.120. The molecule has 3 aromatic rings. The first-order chi connectivity index (χ1) is 14.4. The van der Waals surface area contributed by atoms with Gasteiger partial charge in [0.2, 0.25) is 11.7 Å². The van der Waals surface area contributed by atoms with Crippen molar-refractivity contribution in [3.63, 3.8) is 0 Å². The maximum atomic E-state index is 13.8. The normalized spacial score (nSPS) is 16.1. The van der Waals surface area contributed by atoms with Crippen molar-refractivity contribution in [2.24, 2.45) is 0 Å². The minimum absolute atomic E-state index is 0.121. The Morgan fingerprint density at radius 1 is 1.20 bits per heavy atom. The van der Waals surface area contributed by atoms with Crippen molar-refractivity contribution < 1.29 is 14.0 Å². The molecular formula is C20H19FN6O3. The largest absolute Gasteiger partial charge is 0.337 e. The van der Waals surface area contributed by atoms with Crippen molar-refractivity contribution >= 4 is 17.6 Å². The molecule has 2 aromatic heterocycles. The number of hydrogen-bond acceptors (Lipinski definition) is 5. The van der Waals surface area contributed by atoms with Gasteiger partial charge in [0.1, 0.15) is 24.0 Å². The Balaban J connectivity index is 1.47. The van der Waals surface area contributed by atoms with Crippen LogP contribution in [0, 0.1) is 5.82 Å². The molecule has 10 heteroatoms. The number of fused-ring (bicyclic) bond motifs is 1. The van der Waals surface area contributed by atoms with Crippen LogP contribution in [0.3, 0.4) is 0 Å². The van der Waals surface area contributed by atoms with Crippen LogP contribution in [-0.2, 0) is 17.9 Å². The summed E-state index contributed by atoms with van der Waals surface area (Å²) in [5, 5.41) is 6.72. The summed E-state index contributed by atoms with van der Waals surface area (Å²) in [7, 11) is 1.56. The molecule has 1 aliphatic heterocycles. The van der Waals surface area contributed by atoms with Gasteiger partial charge >= 0.3 is 0 Å². The molecule has 0 unspecified atom stereocenters. The van der Waals surface area contributed by atoms with Crippen LogP contribution >= 0.6 is 0 Å². The van der Waals surface area contributed by atoms with Gasteiger partial charge in [-0.05, 0) is 18.6 Å². The summed E-state index contributed by atoms with van der Waals surface area (Å²) in [5.74, 6) is -0.989. The van der Waals surface area contributed by atoms with Crippen LogP contribution in [0.25, 0.3) is 0 Å². The molecule has 3 heterocycles. The SMILES string of the molecule is CN1C(=O)[C@H](NC(=O)c2ncn(Cc3ccccc3F)n2)CCn2c1cccc2=O. The lowest BCUT2D eigenvalue weighted by Gasteiger charge is -2.21. The number of rotatable bonds is 4. The van der Waals surface area contributed by atoms with Crippen molar-refractivity contribution in [2.45, 2.75) is 25.6 Å². The van der Waals surface area contributed by atoms with Crippen LogP contribution in [0.4, 0.5) is 10.2 Å². The first-order valence-electron chi connectivity index (χ1n) is 9.35. The Morgan fingerprint density at radius 2 is 2.00 bits per heavy atom. The zero-order valence-corrected chi connectivity index (χ0v) is 16.2. The monoisotopic (exact) mass is 410 g/mol. The Hall–Kier alpha value is -3.82. The fourth-order valence-corrected chi connectivity index (χ4v) is 3.39. The zero-order valence-electron chi connectivity index (χ0n) is 16.2. The molecule has 1 atom stereocenters. The minimum Gasteiger partial charge on any atom is -0.337 e. The summed E-state index contributed by atoms with van der Waals surface area (Å²) in [6.45, 7) is 0.404. The van der Waals surface area contributed by atoms with Crippen molar-refractivity contribution in [1.82, 2.24) is 24.6 Å². The number of pyridine rings is 1. The van der Waals surface area contributed by atoms with Gasteiger partial charge in [-0.15, -0.1) is 5.10 Å². The van der Waals surface area contributed by atoms with Crippen LogP contribution in [0.5, 0.6) is 0 Å². The molecule has 0 aliphatic carbocycles. The number of hydrogen-bond donors (Lipinski definition) is 1. The Kier molecular flexibility index (Phi) is 5.13. The molecular weight excluding hydrogens is 391 g/mol. The maximum Gasteiger partial charge on any atom is 0.291 e. The molecule has 9 nitrogen and oxygen atoms in total. The van der Waals surface area contributed by atoms with Gasteiger partial charge in [0.05, 0.1) is 6.54 Å². The molecule has 1 N–H and O–H groups in total. The second kappa shape index (κ2) is 7.90. The van der Waals surface area contributed by atoms with Crippen LogP contribution in [0.15, 0.2) is 53.6 Å². The lowest BCUT2D eigenvalue weighted by Crippen LogP contribution is -2.47. The van der Waals surface area contributed by atoms with E-state index in [1.54, 1.807) is 37.4 Å². The van der Waals surface area contributed by atoms with Gasteiger partial charge in [0.25, 0.3) is 11.5 Å². The van der Waals surface area contributed by atoms with Crippen LogP contribution in [-0.4, -0.2) is 44.2 Å². The number of carbonyl (C=O) groups is 2. The summed E-state index contributed by atoms with van der Waals surface area (Å²) in [6, 6.07) is 10.1. The Bertz CT molecular complexity index is 1170. The summed E-state index contributed by atoms with van der Waals surface area (Å²) in [6.07, 6.45) is 1.58. The fraction of sp³-hybridized carbons (Fsp3) is 0.250. The summed E-state index contributed by atoms with van der Waals surface area (Å²) >= 11 is 0.